The third-order valence-corrected chi connectivity index (χ3v) is 6.57. The Hall–Kier alpha value is -1.73. The average molecular weight is 450 g/mol. The molecule has 1 N–H and O–H groups in total. The van der Waals surface area contributed by atoms with E-state index in [0.29, 0.717) is 35.4 Å². The van der Waals surface area contributed by atoms with Gasteiger partial charge in [0.25, 0.3) is 0 Å². The van der Waals surface area contributed by atoms with Gasteiger partial charge in [0, 0.05) is 23.1 Å². The Balaban J connectivity index is 1.72. The quantitative estimate of drug-likeness (QED) is 0.426. The number of nitrogens with zero attached hydrogens (tertiary/aromatic N) is 1. The van der Waals surface area contributed by atoms with Gasteiger partial charge in [-0.3, -0.25) is 0 Å². The van der Waals surface area contributed by atoms with E-state index in [2.05, 4.69) is 11.1 Å². The maximum absolute atomic E-state index is 11.9. The van der Waals surface area contributed by atoms with Crippen molar-refractivity contribution in [3.8, 4) is 5.75 Å². The number of aromatic nitrogens is 1. The standard InChI is InChI=1S/C23H28ClNO4S/c1-3-17(12-16-8-10-28-11-9-16)23(27)20(13-26)22-15(2)30-21(25-22)14-29-19-6-4-18(24)5-7-19/h4-7,12-13,16,20,23,27H,3,8-11,14H2,1-2H3. The minimum atomic E-state index is -0.874. The molecule has 0 radical (unpaired) electrons. The van der Waals surface area contributed by atoms with Gasteiger partial charge in [0.15, 0.2) is 0 Å². The number of benzene rings is 1. The molecular formula is C23H28ClNO4S. The first-order chi connectivity index (χ1) is 14.5. The fourth-order valence-corrected chi connectivity index (χ4v) is 4.67. The fraction of sp³-hybridized carbons (Fsp3) is 0.478. The number of aliphatic hydroxyl groups excluding tert-OH is 1. The number of hydrogen-bond donors (Lipinski definition) is 1. The van der Waals surface area contributed by atoms with Gasteiger partial charge in [0.05, 0.1) is 17.7 Å². The Bertz CT molecular complexity index is 859. The zero-order valence-electron chi connectivity index (χ0n) is 17.3. The van der Waals surface area contributed by atoms with E-state index in [1.807, 2.05) is 13.8 Å². The molecule has 1 aliphatic heterocycles. The monoisotopic (exact) mass is 449 g/mol. The number of carbonyl (C=O) groups excluding carboxylic acids is 1. The van der Waals surface area contributed by atoms with Crippen LogP contribution in [0.1, 0.15) is 47.7 Å². The molecule has 0 aliphatic carbocycles. The predicted molar refractivity (Wildman–Crippen MR) is 119 cm³/mol. The molecule has 1 fully saturated rings. The van der Waals surface area contributed by atoms with Gasteiger partial charge in [-0.2, -0.15) is 0 Å². The summed E-state index contributed by atoms with van der Waals surface area (Å²) in [4.78, 5) is 17.5. The van der Waals surface area contributed by atoms with Gasteiger partial charge >= 0.3 is 0 Å². The van der Waals surface area contributed by atoms with E-state index in [0.717, 1.165) is 47.8 Å². The van der Waals surface area contributed by atoms with Crippen molar-refractivity contribution in [2.24, 2.45) is 5.92 Å². The number of hydrogen-bond acceptors (Lipinski definition) is 6. The number of allylic oxidation sites excluding steroid dienone is 1. The molecule has 1 saturated heterocycles. The Morgan fingerprint density at radius 1 is 1.37 bits per heavy atom. The van der Waals surface area contributed by atoms with Gasteiger partial charge in [-0.05, 0) is 61.9 Å². The average Bonchev–Trinajstić information content (AvgIpc) is 3.13. The summed E-state index contributed by atoms with van der Waals surface area (Å²) in [6, 6.07) is 7.14. The first kappa shape index (κ1) is 22.9. The lowest BCUT2D eigenvalue weighted by Crippen LogP contribution is -2.24. The van der Waals surface area contributed by atoms with Crippen LogP contribution < -0.4 is 4.74 Å². The molecule has 0 spiro atoms. The van der Waals surface area contributed by atoms with Crippen molar-refractivity contribution in [3.63, 3.8) is 0 Å². The minimum Gasteiger partial charge on any atom is -0.486 e. The van der Waals surface area contributed by atoms with E-state index >= 15 is 0 Å². The number of aliphatic hydroxyl groups is 1. The lowest BCUT2D eigenvalue weighted by molar-refractivity contribution is -0.110. The van der Waals surface area contributed by atoms with Gasteiger partial charge in [-0.15, -0.1) is 11.3 Å². The van der Waals surface area contributed by atoms with Crippen molar-refractivity contribution in [1.82, 2.24) is 4.98 Å². The largest absolute Gasteiger partial charge is 0.486 e. The highest BCUT2D eigenvalue weighted by Gasteiger charge is 2.28. The second-order valence-corrected chi connectivity index (χ2v) is 9.17. The Labute approximate surface area is 186 Å². The molecule has 2 unspecified atom stereocenters. The molecule has 30 heavy (non-hydrogen) atoms. The number of rotatable bonds is 9. The minimum absolute atomic E-state index is 0.299. The van der Waals surface area contributed by atoms with E-state index < -0.39 is 12.0 Å². The maximum Gasteiger partial charge on any atom is 0.140 e. The molecule has 1 aromatic heterocycles. The van der Waals surface area contributed by atoms with E-state index in [-0.39, 0.29) is 0 Å². The third-order valence-electron chi connectivity index (χ3n) is 5.36. The Morgan fingerprint density at radius 2 is 2.07 bits per heavy atom. The second kappa shape index (κ2) is 11.0. The van der Waals surface area contributed by atoms with Gasteiger partial charge in [0.1, 0.15) is 23.7 Å². The first-order valence-electron chi connectivity index (χ1n) is 10.3. The molecule has 5 nitrogen and oxygen atoms in total. The predicted octanol–water partition coefficient (Wildman–Crippen LogP) is 5.09. The smallest absolute Gasteiger partial charge is 0.140 e. The number of ether oxygens (including phenoxy) is 2. The molecule has 2 heterocycles. The molecule has 1 aromatic carbocycles. The van der Waals surface area contributed by atoms with E-state index in [1.165, 1.54) is 11.3 Å². The molecule has 2 aromatic rings. The van der Waals surface area contributed by atoms with Crippen LogP contribution in [0.25, 0.3) is 0 Å². The molecule has 0 saturated carbocycles. The summed E-state index contributed by atoms with van der Waals surface area (Å²) in [5.41, 5.74) is 1.52. The van der Waals surface area contributed by atoms with Crippen molar-refractivity contribution >= 4 is 29.2 Å². The molecule has 7 heteroatoms. The number of halogens is 1. The number of carbonyl (C=O) groups is 1. The highest BCUT2D eigenvalue weighted by atomic mass is 35.5. The van der Waals surface area contributed by atoms with Crippen LogP contribution in [0.15, 0.2) is 35.9 Å². The van der Waals surface area contributed by atoms with Crippen molar-refractivity contribution in [2.75, 3.05) is 13.2 Å². The Morgan fingerprint density at radius 3 is 2.70 bits per heavy atom. The molecule has 162 valence electrons. The van der Waals surface area contributed by atoms with Crippen LogP contribution in [-0.4, -0.2) is 35.7 Å². The van der Waals surface area contributed by atoms with E-state index in [9.17, 15) is 9.90 Å². The lowest BCUT2D eigenvalue weighted by Gasteiger charge is -2.24. The number of aryl methyl sites for hydroxylation is 1. The summed E-state index contributed by atoms with van der Waals surface area (Å²) >= 11 is 7.38. The van der Waals surface area contributed by atoms with Gasteiger partial charge in [0.2, 0.25) is 0 Å². The van der Waals surface area contributed by atoms with Crippen molar-refractivity contribution < 1.29 is 19.4 Å². The summed E-state index contributed by atoms with van der Waals surface area (Å²) < 4.78 is 11.2. The van der Waals surface area contributed by atoms with Crippen LogP contribution in [-0.2, 0) is 16.1 Å². The summed E-state index contributed by atoms with van der Waals surface area (Å²) in [5.74, 6) is 0.403. The molecular weight excluding hydrogens is 422 g/mol. The third kappa shape index (κ3) is 5.91. The zero-order valence-corrected chi connectivity index (χ0v) is 18.9. The van der Waals surface area contributed by atoms with Gasteiger partial charge < -0.3 is 19.4 Å². The number of thiazole rings is 1. The van der Waals surface area contributed by atoms with E-state index in [1.54, 1.807) is 24.3 Å². The van der Waals surface area contributed by atoms with Crippen LogP contribution in [0.4, 0.5) is 0 Å². The summed E-state index contributed by atoms with van der Waals surface area (Å²) in [6.07, 6.45) is 4.66. The molecule has 2 atom stereocenters. The van der Waals surface area contributed by atoms with Crippen molar-refractivity contribution in [2.45, 2.75) is 51.7 Å². The highest BCUT2D eigenvalue weighted by molar-refractivity contribution is 7.11. The number of aldehydes is 1. The second-order valence-electron chi connectivity index (χ2n) is 7.44. The fourth-order valence-electron chi connectivity index (χ4n) is 3.64. The summed E-state index contributed by atoms with van der Waals surface area (Å²) in [6.45, 7) is 5.72. The topological polar surface area (TPSA) is 68.7 Å². The van der Waals surface area contributed by atoms with E-state index in [4.69, 9.17) is 21.1 Å². The van der Waals surface area contributed by atoms with Crippen LogP contribution in [0.5, 0.6) is 5.75 Å². The summed E-state index contributed by atoms with van der Waals surface area (Å²) in [7, 11) is 0. The molecule has 0 bridgehead atoms. The van der Waals surface area contributed by atoms with Crippen LogP contribution >= 0.6 is 22.9 Å². The highest BCUT2D eigenvalue weighted by Crippen LogP contribution is 2.31. The Kier molecular flexibility index (Phi) is 8.45. The first-order valence-corrected chi connectivity index (χ1v) is 11.5. The zero-order chi connectivity index (χ0) is 21.5. The SMILES string of the molecule is CCC(=CC1CCOCC1)C(O)C(C=O)c1nc(COc2ccc(Cl)cc2)sc1C. The van der Waals surface area contributed by atoms with Crippen molar-refractivity contribution in [1.29, 1.82) is 0 Å². The van der Waals surface area contributed by atoms with Crippen molar-refractivity contribution in [3.05, 3.63) is 56.5 Å². The van der Waals surface area contributed by atoms with Gasteiger partial charge in [-0.25, -0.2) is 4.98 Å². The van der Waals surface area contributed by atoms with Gasteiger partial charge in [-0.1, -0.05) is 24.6 Å². The molecule has 0 amide bonds. The van der Waals surface area contributed by atoms with Crippen LogP contribution in [0, 0.1) is 12.8 Å². The van der Waals surface area contributed by atoms with Crippen LogP contribution in [0.2, 0.25) is 5.02 Å². The normalized spacial score (nSPS) is 17.5. The maximum atomic E-state index is 11.9. The van der Waals surface area contributed by atoms with Crippen LogP contribution in [0.3, 0.4) is 0 Å². The lowest BCUT2D eigenvalue weighted by atomic mass is 9.88. The molecule has 1 aliphatic rings. The summed E-state index contributed by atoms with van der Waals surface area (Å²) in [5, 5.41) is 12.4. The molecule has 3 rings (SSSR count).